The molecule has 122 valence electrons. The lowest BCUT2D eigenvalue weighted by atomic mass is 9.96. The van der Waals surface area contributed by atoms with Gasteiger partial charge >= 0.3 is 0 Å². The maximum absolute atomic E-state index is 12.0. The van der Waals surface area contributed by atoms with E-state index in [4.69, 9.17) is 0 Å². The summed E-state index contributed by atoms with van der Waals surface area (Å²) in [5.41, 5.74) is 2.38. The van der Waals surface area contributed by atoms with Crippen LogP contribution < -0.4 is 10.6 Å². The molecule has 0 atom stereocenters. The molecule has 0 aliphatic carbocycles. The average molecular weight is 331 g/mol. The van der Waals surface area contributed by atoms with Crippen molar-refractivity contribution in [3.8, 4) is 11.3 Å². The van der Waals surface area contributed by atoms with E-state index in [1.807, 2.05) is 50.4 Å². The molecule has 0 aliphatic heterocycles. The molecule has 0 bridgehead atoms. The van der Waals surface area contributed by atoms with Gasteiger partial charge in [0.05, 0.1) is 5.69 Å². The van der Waals surface area contributed by atoms with Crippen molar-refractivity contribution in [1.82, 2.24) is 10.3 Å². The molecular weight excluding hydrogens is 310 g/mol. The number of aromatic nitrogens is 1. The first-order valence-corrected chi connectivity index (χ1v) is 8.24. The van der Waals surface area contributed by atoms with Crippen LogP contribution in [0.15, 0.2) is 29.6 Å². The van der Waals surface area contributed by atoms with Crippen molar-refractivity contribution in [1.29, 1.82) is 0 Å². The second-order valence-corrected chi connectivity index (χ2v) is 7.21. The molecule has 23 heavy (non-hydrogen) atoms. The lowest BCUT2D eigenvalue weighted by Gasteiger charge is -2.15. The maximum atomic E-state index is 12.0. The minimum absolute atomic E-state index is 0.0483. The molecule has 0 radical (unpaired) electrons. The molecule has 0 saturated carbocycles. The van der Waals surface area contributed by atoms with Crippen molar-refractivity contribution in [3.05, 3.63) is 35.2 Å². The van der Waals surface area contributed by atoms with Crippen molar-refractivity contribution < 1.29 is 9.59 Å². The lowest BCUT2D eigenvalue weighted by molar-refractivity contribution is -0.123. The third-order valence-corrected chi connectivity index (χ3v) is 3.95. The molecule has 2 amide bonds. The monoisotopic (exact) mass is 331 g/mol. The summed E-state index contributed by atoms with van der Waals surface area (Å²) in [5, 5.41) is 8.12. The van der Waals surface area contributed by atoms with Crippen LogP contribution >= 0.6 is 11.3 Å². The fourth-order valence-corrected chi connectivity index (χ4v) is 2.48. The van der Waals surface area contributed by atoms with Gasteiger partial charge in [0.1, 0.15) is 0 Å². The molecule has 1 aromatic heterocycles. The summed E-state index contributed by atoms with van der Waals surface area (Å²) in [4.78, 5) is 27.3. The van der Waals surface area contributed by atoms with Crippen LogP contribution in [0.4, 0.5) is 5.13 Å². The molecule has 6 heteroatoms. The first kappa shape index (κ1) is 17.1. The number of benzene rings is 1. The van der Waals surface area contributed by atoms with Gasteiger partial charge in [-0.25, -0.2) is 4.98 Å². The largest absolute Gasteiger partial charge is 0.352 e. The minimum atomic E-state index is -0.447. The molecule has 1 heterocycles. The zero-order valence-electron chi connectivity index (χ0n) is 13.8. The van der Waals surface area contributed by atoms with Crippen molar-refractivity contribution >= 4 is 28.3 Å². The van der Waals surface area contributed by atoms with Gasteiger partial charge in [0.25, 0.3) is 0 Å². The first-order valence-electron chi connectivity index (χ1n) is 7.36. The van der Waals surface area contributed by atoms with Crippen LogP contribution in [-0.2, 0) is 16.1 Å². The van der Waals surface area contributed by atoms with Gasteiger partial charge < -0.3 is 10.6 Å². The van der Waals surface area contributed by atoms with E-state index in [9.17, 15) is 9.59 Å². The van der Waals surface area contributed by atoms with Gasteiger partial charge in [0, 0.05) is 29.8 Å². The first-order chi connectivity index (χ1) is 10.8. The molecule has 0 saturated heterocycles. The second kappa shape index (κ2) is 6.91. The molecule has 2 N–H and O–H groups in total. The Morgan fingerprint density at radius 3 is 2.39 bits per heavy atom. The third-order valence-electron chi connectivity index (χ3n) is 3.20. The van der Waals surface area contributed by atoms with Gasteiger partial charge in [0.2, 0.25) is 11.8 Å². The summed E-state index contributed by atoms with van der Waals surface area (Å²) in [6, 6.07) is 7.83. The topological polar surface area (TPSA) is 71.1 Å². The van der Waals surface area contributed by atoms with Crippen molar-refractivity contribution in [2.75, 3.05) is 5.32 Å². The number of thiazole rings is 1. The van der Waals surface area contributed by atoms with E-state index in [1.165, 1.54) is 18.3 Å². The zero-order valence-corrected chi connectivity index (χ0v) is 14.6. The number of nitrogens with zero attached hydrogens (tertiary/aromatic N) is 1. The van der Waals surface area contributed by atoms with Gasteiger partial charge in [0.15, 0.2) is 5.13 Å². The summed E-state index contributed by atoms with van der Waals surface area (Å²) in [5.74, 6) is -0.100. The van der Waals surface area contributed by atoms with E-state index in [1.54, 1.807) is 0 Å². The quantitative estimate of drug-likeness (QED) is 0.901. The van der Waals surface area contributed by atoms with Crippen LogP contribution in [-0.4, -0.2) is 16.8 Å². The highest BCUT2D eigenvalue weighted by Crippen LogP contribution is 2.26. The molecule has 2 rings (SSSR count). The van der Waals surface area contributed by atoms with E-state index in [2.05, 4.69) is 15.6 Å². The van der Waals surface area contributed by atoms with Gasteiger partial charge in [-0.15, -0.1) is 11.3 Å². The van der Waals surface area contributed by atoms with Crippen molar-refractivity contribution in [2.45, 2.75) is 34.2 Å². The fraction of sp³-hybridized carbons (Fsp3) is 0.353. The third kappa shape index (κ3) is 4.89. The number of nitrogens with one attached hydrogen (secondary N) is 2. The van der Waals surface area contributed by atoms with E-state index in [-0.39, 0.29) is 11.8 Å². The van der Waals surface area contributed by atoms with Crippen LogP contribution in [0.2, 0.25) is 0 Å². The Labute approximate surface area is 140 Å². The normalized spacial score (nSPS) is 11.1. The molecule has 2 aromatic rings. The maximum Gasteiger partial charge on any atom is 0.231 e. The summed E-state index contributed by atoms with van der Waals surface area (Å²) >= 11 is 1.41. The van der Waals surface area contributed by atoms with E-state index in [0.717, 1.165) is 16.8 Å². The van der Waals surface area contributed by atoms with Crippen molar-refractivity contribution in [3.63, 3.8) is 0 Å². The van der Waals surface area contributed by atoms with E-state index >= 15 is 0 Å². The predicted octanol–water partition coefficient (Wildman–Crippen LogP) is 3.43. The number of hydrogen-bond donors (Lipinski definition) is 2. The minimum Gasteiger partial charge on any atom is -0.352 e. The number of anilines is 1. The Morgan fingerprint density at radius 1 is 1.17 bits per heavy atom. The molecule has 1 aromatic carbocycles. The Kier molecular flexibility index (Phi) is 5.15. The Morgan fingerprint density at radius 2 is 1.83 bits per heavy atom. The van der Waals surface area contributed by atoms with Crippen LogP contribution in [0.5, 0.6) is 0 Å². The Hall–Kier alpha value is -2.21. The van der Waals surface area contributed by atoms with Gasteiger partial charge in [-0.3, -0.25) is 9.59 Å². The molecule has 0 spiro atoms. The molecule has 0 aliphatic rings. The van der Waals surface area contributed by atoms with Crippen LogP contribution in [0, 0.1) is 5.41 Å². The number of hydrogen-bond acceptors (Lipinski definition) is 4. The lowest BCUT2D eigenvalue weighted by Crippen LogP contribution is -2.27. The van der Waals surface area contributed by atoms with Crippen LogP contribution in [0.3, 0.4) is 0 Å². The number of amides is 2. The zero-order chi connectivity index (χ0) is 17.0. The highest BCUT2D eigenvalue weighted by atomic mass is 32.1. The van der Waals surface area contributed by atoms with Crippen LogP contribution in [0.25, 0.3) is 11.3 Å². The van der Waals surface area contributed by atoms with Gasteiger partial charge in [-0.2, -0.15) is 0 Å². The molecule has 0 unspecified atom stereocenters. The highest BCUT2D eigenvalue weighted by molar-refractivity contribution is 7.14. The Balaban J connectivity index is 2.05. The smallest absolute Gasteiger partial charge is 0.231 e. The van der Waals surface area contributed by atoms with Crippen LogP contribution in [0.1, 0.15) is 33.3 Å². The predicted molar refractivity (Wildman–Crippen MR) is 93.2 cm³/mol. The van der Waals surface area contributed by atoms with Gasteiger partial charge in [-0.1, -0.05) is 45.0 Å². The molecular formula is C17H21N3O2S. The van der Waals surface area contributed by atoms with E-state index in [0.29, 0.717) is 11.7 Å². The van der Waals surface area contributed by atoms with Gasteiger partial charge in [-0.05, 0) is 5.56 Å². The number of rotatable bonds is 4. The summed E-state index contributed by atoms with van der Waals surface area (Å²) < 4.78 is 0. The van der Waals surface area contributed by atoms with E-state index < -0.39 is 5.41 Å². The second-order valence-electron chi connectivity index (χ2n) is 6.35. The average Bonchev–Trinajstić information content (AvgIpc) is 2.93. The SMILES string of the molecule is CC(=O)NCc1ccc(-c2csc(NC(=O)C(C)(C)C)n2)cc1. The summed E-state index contributed by atoms with van der Waals surface area (Å²) in [7, 11) is 0. The molecule has 0 fully saturated rings. The highest BCUT2D eigenvalue weighted by Gasteiger charge is 2.22. The summed E-state index contributed by atoms with van der Waals surface area (Å²) in [6.45, 7) is 7.61. The molecule has 5 nitrogen and oxygen atoms in total. The number of carbonyl (C=O) groups excluding carboxylic acids is 2. The number of carbonyl (C=O) groups is 2. The van der Waals surface area contributed by atoms with Crippen molar-refractivity contribution in [2.24, 2.45) is 5.41 Å². The summed E-state index contributed by atoms with van der Waals surface area (Å²) in [6.07, 6.45) is 0. The Bertz CT molecular complexity index is 699. The fourth-order valence-electron chi connectivity index (χ4n) is 1.77. The standard InChI is InChI=1S/C17H21N3O2S/c1-11(21)18-9-12-5-7-13(8-6-12)14-10-23-16(19-14)20-15(22)17(2,3)4/h5-8,10H,9H2,1-4H3,(H,18,21)(H,19,20,22).